The molecule has 2 aliphatic heterocycles. The lowest BCUT2D eigenvalue weighted by atomic mass is 9.91. The Morgan fingerprint density at radius 1 is 0.929 bits per heavy atom. The molecule has 0 aliphatic carbocycles. The third-order valence-corrected chi connectivity index (χ3v) is 6.59. The van der Waals surface area contributed by atoms with Crippen LogP contribution in [-0.2, 0) is 64.4 Å². The van der Waals surface area contributed by atoms with E-state index < -0.39 is 84.4 Å². The number of rotatable bonds is 8. The fourth-order valence-electron chi connectivity index (χ4n) is 4.92. The number of anilines is 1. The SMILES string of the molecule is COC(=O)[C@](O)(c1ccc2c(c1)CCN2[C@@H]1O[C@@H](COC(C)=O)[C@@H](OC(C)=O)[C@H](OC(C)=O)[C@@H]1OC(C)=O)C(F)(F)F. The summed E-state index contributed by atoms with van der Waals surface area (Å²) in [6.45, 7) is 3.93. The van der Waals surface area contributed by atoms with Gasteiger partial charge in [-0.2, -0.15) is 13.2 Å². The molecule has 13 nitrogen and oxygen atoms in total. The van der Waals surface area contributed by atoms with Crippen molar-refractivity contribution in [3.63, 3.8) is 0 Å². The number of esters is 5. The molecule has 0 bridgehead atoms. The molecule has 2 aliphatic rings. The number of halogens is 3. The number of carbonyl (C=O) groups is 5. The Morgan fingerprint density at radius 2 is 1.50 bits per heavy atom. The first-order valence-corrected chi connectivity index (χ1v) is 12.6. The van der Waals surface area contributed by atoms with Gasteiger partial charge in [-0.25, -0.2) is 4.79 Å². The van der Waals surface area contributed by atoms with Crippen LogP contribution in [0.5, 0.6) is 0 Å². The van der Waals surface area contributed by atoms with Crippen molar-refractivity contribution in [2.24, 2.45) is 0 Å². The van der Waals surface area contributed by atoms with E-state index in [9.17, 15) is 42.3 Å². The van der Waals surface area contributed by atoms with Crippen molar-refractivity contribution in [2.45, 2.75) is 76.5 Å². The fourth-order valence-corrected chi connectivity index (χ4v) is 4.92. The van der Waals surface area contributed by atoms with Crippen molar-refractivity contribution in [3.8, 4) is 0 Å². The van der Waals surface area contributed by atoms with Crippen molar-refractivity contribution >= 4 is 35.5 Å². The number of methoxy groups -OCH3 is 1. The van der Waals surface area contributed by atoms with Gasteiger partial charge in [0.15, 0.2) is 24.5 Å². The molecular formula is C26H30F3NO12. The summed E-state index contributed by atoms with van der Waals surface area (Å²) in [5, 5.41) is 10.4. The van der Waals surface area contributed by atoms with Crippen LogP contribution in [-0.4, -0.2) is 92.0 Å². The second kappa shape index (κ2) is 12.5. The highest BCUT2D eigenvalue weighted by atomic mass is 19.4. The number of benzene rings is 1. The summed E-state index contributed by atoms with van der Waals surface area (Å²) < 4.78 is 73.1. The average Bonchev–Trinajstić information content (AvgIpc) is 3.30. The third-order valence-electron chi connectivity index (χ3n) is 6.59. The van der Waals surface area contributed by atoms with Crippen molar-refractivity contribution < 1.29 is 70.7 Å². The first-order chi connectivity index (χ1) is 19.5. The smallest absolute Gasteiger partial charge is 0.432 e. The van der Waals surface area contributed by atoms with E-state index in [4.69, 9.17) is 23.7 Å². The molecule has 1 fully saturated rings. The quantitative estimate of drug-likeness (QED) is 0.331. The zero-order chi connectivity index (χ0) is 31.6. The second-order valence-corrected chi connectivity index (χ2v) is 9.58. The lowest BCUT2D eigenvalue weighted by Gasteiger charge is -2.47. The van der Waals surface area contributed by atoms with Crippen molar-refractivity contribution in [1.29, 1.82) is 0 Å². The Kier molecular flexibility index (Phi) is 9.72. The van der Waals surface area contributed by atoms with Crippen LogP contribution in [0, 0.1) is 0 Å². The van der Waals surface area contributed by atoms with Crippen LogP contribution in [0.1, 0.15) is 38.8 Å². The van der Waals surface area contributed by atoms with Crippen LogP contribution in [0.15, 0.2) is 18.2 Å². The lowest BCUT2D eigenvalue weighted by molar-refractivity contribution is -0.266. The first kappa shape index (κ1) is 32.6. The maximum atomic E-state index is 13.8. The molecule has 1 aromatic rings. The normalized spacial score (nSPS) is 25.0. The van der Waals surface area contributed by atoms with Gasteiger partial charge in [-0.3, -0.25) is 19.2 Å². The maximum Gasteiger partial charge on any atom is 0.432 e. The van der Waals surface area contributed by atoms with Gasteiger partial charge in [-0.1, -0.05) is 6.07 Å². The van der Waals surface area contributed by atoms with Gasteiger partial charge in [0, 0.05) is 45.5 Å². The second-order valence-electron chi connectivity index (χ2n) is 9.58. The zero-order valence-corrected chi connectivity index (χ0v) is 23.3. The van der Waals surface area contributed by atoms with Crippen LogP contribution in [0.25, 0.3) is 0 Å². The average molecular weight is 606 g/mol. The van der Waals surface area contributed by atoms with E-state index in [0.29, 0.717) is 7.11 Å². The molecule has 0 radical (unpaired) electrons. The van der Waals surface area contributed by atoms with E-state index in [0.717, 1.165) is 39.8 Å². The van der Waals surface area contributed by atoms with Gasteiger partial charge in [-0.15, -0.1) is 0 Å². The molecule has 1 saturated heterocycles. The summed E-state index contributed by atoms with van der Waals surface area (Å²) in [5.41, 5.74) is -4.21. The minimum atomic E-state index is -5.41. The van der Waals surface area contributed by atoms with Crippen LogP contribution >= 0.6 is 0 Å². The summed E-state index contributed by atoms with van der Waals surface area (Å²) in [4.78, 5) is 61.2. The Hall–Kier alpha value is -3.92. The number of hydrogen-bond acceptors (Lipinski definition) is 13. The Bertz CT molecular complexity index is 1240. The predicted molar refractivity (Wildman–Crippen MR) is 131 cm³/mol. The van der Waals surface area contributed by atoms with Crippen LogP contribution in [0.3, 0.4) is 0 Å². The highest BCUT2D eigenvalue weighted by Crippen LogP contribution is 2.43. The van der Waals surface area contributed by atoms with Crippen molar-refractivity contribution in [1.82, 2.24) is 0 Å². The fraction of sp³-hybridized carbons (Fsp3) is 0.577. The lowest BCUT2D eigenvalue weighted by Crippen LogP contribution is -2.66. The molecule has 42 heavy (non-hydrogen) atoms. The Balaban J connectivity index is 2.10. The van der Waals surface area contributed by atoms with E-state index in [-0.39, 0.29) is 24.2 Å². The molecule has 0 saturated carbocycles. The summed E-state index contributed by atoms with van der Waals surface area (Å²) in [7, 11) is 0.707. The molecule has 0 aromatic heterocycles. The third kappa shape index (κ3) is 6.59. The van der Waals surface area contributed by atoms with Gasteiger partial charge >= 0.3 is 36.0 Å². The van der Waals surface area contributed by atoms with Gasteiger partial charge in [0.05, 0.1) is 7.11 Å². The minimum Gasteiger partial charge on any atom is -0.466 e. The first-order valence-electron chi connectivity index (χ1n) is 12.6. The topological polar surface area (TPSA) is 164 Å². The maximum absolute atomic E-state index is 13.8. The van der Waals surface area contributed by atoms with E-state index in [1.54, 1.807) is 0 Å². The molecule has 1 N–H and O–H groups in total. The molecule has 2 heterocycles. The summed E-state index contributed by atoms with van der Waals surface area (Å²) >= 11 is 0. The number of fused-ring (bicyclic) bond motifs is 1. The Labute approximate surface area is 237 Å². The van der Waals surface area contributed by atoms with E-state index in [1.807, 2.05) is 0 Å². The predicted octanol–water partition coefficient (Wildman–Crippen LogP) is 1.06. The molecule has 16 heteroatoms. The van der Waals surface area contributed by atoms with Crippen LogP contribution in [0.4, 0.5) is 18.9 Å². The molecule has 232 valence electrons. The molecule has 3 rings (SSSR count). The van der Waals surface area contributed by atoms with E-state index in [2.05, 4.69) is 4.74 Å². The number of ether oxygens (including phenoxy) is 6. The van der Waals surface area contributed by atoms with Gasteiger partial charge in [-0.05, 0) is 24.1 Å². The van der Waals surface area contributed by atoms with Crippen molar-refractivity contribution in [2.75, 3.05) is 25.2 Å². The number of nitrogens with zero attached hydrogens (tertiary/aromatic N) is 1. The minimum absolute atomic E-state index is 0.0647. The molecule has 0 spiro atoms. The van der Waals surface area contributed by atoms with Gasteiger partial charge < -0.3 is 38.4 Å². The molecule has 1 aromatic carbocycles. The molecular weight excluding hydrogens is 575 g/mol. The Morgan fingerprint density at radius 3 is 2.02 bits per heavy atom. The van der Waals surface area contributed by atoms with E-state index in [1.165, 1.54) is 11.0 Å². The number of carbonyl (C=O) groups excluding carboxylic acids is 5. The summed E-state index contributed by atoms with van der Waals surface area (Å²) in [6.07, 6.45) is -12.1. The summed E-state index contributed by atoms with van der Waals surface area (Å²) in [6, 6.07) is 3.07. The summed E-state index contributed by atoms with van der Waals surface area (Å²) in [5.74, 6) is -5.10. The highest BCUT2D eigenvalue weighted by Gasteiger charge is 2.62. The zero-order valence-electron chi connectivity index (χ0n) is 23.3. The van der Waals surface area contributed by atoms with Crippen molar-refractivity contribution in [3.05, 3.63) is 29.3 Å². The largest absolute Gasteiger partial charge is 0.466 e. The van der Waals surface area contributed by atoms with Gasteiger partial charge in [0.1, 0.15) is 12.7 Å². The van der Waals surface area contributed by atoms with E-state index >= 15 is 0 Å². The molecule has 0 amide bonds. The van der Waals surface area contributed by atoms with Gasteiger partial charge in [0.2, 0.25) is 0 Å². The number of aliphatic hydroxyl groups is 1. The monoisotopic (exact) mass is 605 g/mol. The number of alkyl halides is 3. The molecule has 6 atom stereocenters. The standard InChI is InChI=1S/C26H30F3NO12/c1-12(31)38-11-19-20(39-13(2)32)21(40-14(3)33)22(41-15(4)34)23(42-19)30-9-8-16-10-17(6-7-18(16)30)25(36,24(35)37-5)26(27,28)29/h6-7,10,19-23,36H,8-9,11H2,1-5H3/t19-,20+,21-,22-,23+,25+/m0/s1. The van der Waals surface area contributed by atoms with Gasteiger partial charge in [0.25, 0.3) is 5.60 Å². The highest BCUT2D eigenvalue weighted by molar-refractivity contribution is 5.82. The van der Waals surface area contributed by atoms with Crippen LogP contribution < -0.4 is 4.90 Å². The van der Waals surface area contributed by atoms with Crippen LogP contribution in [0.2, 0.25) is 0 Å². The molecule has 0 unspecified atom stereocenters. The number of hydrogen-bond donors (Lipinski definition) is 1.